The molecule has 142 valence electrons. The summed E-state index contributed by atoms with van der Waals surface area (Å²) in [7, 11) is 1.42. The van der Waals surface area contributed by atoms with Gasteiger partial charge in [-0.1, -0.05) is 41.6 Å². The molecule has 0 aromatic heterocycles. The van der Waals surface area contributed by atoms with Crippen LogP contribution in [0, 0.1) is 24.1 Å². The van der Waals surface area contributed by atoms with E-state index in [0.29, 0.717) is 12.1 Å². The van der Waals surface area contributed by atoms with Crippen LogP contribution in [0.5, 0.6) is 0 Å². The Morgan fingerprint density at radius 1 is 1.29 bits per heavy atom. The minimum Gasteiger partial charge on any atom is -0.354 e. The molecule has 0 bridgehead atoms. The summed E-state index contributed by atoms with van der Waals surface area (Å²) in [6, 6.07) is 15.1. The number of carbonyl (C=O) groups excluding carboxylic acids is 2. The van der Waals surface area contributed by atoms with E-state index in [1.54, 1.807) is 0 Å². The van der Waals surface area contributed by atoms with E-state index in [9.17, 15) is 19.2 Å². The van der Waals surface area contributed by atoms with E-state index in [4.69, 9.17) is 0 Å². The molecule has 1 N–H and O–H groups in total. The molecule has 1 aliphatic rings. The Morgan fingerprint density at radius 2 is 2.00 bits per heavy atom. The van der Waals surface area contributed by atoms with Crippen LogP contribution in [0.15, 0.2) is 59.1 Å². The molecule has 2 amide bonds. The van der Waals surface area contributed by atoms with E-state index < -0.39 is 17.0 Å². The first kappa shape index (κ1) is 19.6. The third-order valence-corrected chi connectivity index (χ3v) is 5.58. The molecular weight excluding hydrogens is 377 g/mol. The van der Waals surface area contributed by atoms with E-state index >= 15 is 0 Å². The largest absolute Gasteiger partial charge is 0.354 e. The lowest BCUT2D eigenvalue weighted by Crippen LogP contribution is -2.31. The van der Waals surface area contributed by atoms with Gasteiger partial charge in [-0.25, -0.2) is 4.39 Å². The number of likely N-dealkylation sites (N-methyl/N-ethyl adjacent to an activating group) is 1. The summed E-state index contributed by atoms with van der Waals surface area (Å²) < 4.78 is 13.3. The van der Waals surface area contributed by atoms with Gasteiger partial charge in [0.15, 0.2) is 0 Å². The van der Waals surface area contributed by atoms with Gasteiger partial charge in [0.2, 0.25) is 5.91 Å². The van der Waals surface area contributed by atoms with E-state index in [1.807, 2.05) is 37.3 Å². The zero-order chi connectivity index (χ0) is 20.3. The number of aryl methyl sites for hydroxylation is 1. The van der Waals surface area contributed by atoms with Crippen molar-refractivity contribution in [2.45, 2.75) is 18.6 Å². The van der Waals surface area contributed by atoms with Gasteiger partial charge in [-0.2, -0.15) is 5.26 Å². The third-order valence-electron chi connectivity index (χ3n) is 4.32. The van der Waals surface area contributed by atoms with Gasteiger partial charge in [0.05, 0.1) is 5.25 Å². The van der Waals surface area contributed by atoms with Crippen LogP contribution in [0.1, 0.15) is 11.1 Å². The van der Waals surface area contributed by atoms with Crippen molar-refractivity contribution in [1.82, 2.24) is 5.32 Å². The van der Waals surface area contributed by atoms with Crippen molar-refractivity contribution in [2.24, 2.45) is 0 Å². The lowest BCUT2D eigenvalue weighted by Gasteiger charge is -2.18. The maximum atomic E-state index is 13.3. The molecule has 1 atom stereocenters. The van der Waals surface area contributed by atoms with Gasteiger partial charge in [-0.3, -0.25) is 14.5 Å². The van der Waals surface area contributed by atoms with Crippen molar-refractivity contribution in [3.8, 4) is 6.07 Å². The molecule has 1 heterocycles. The molecule has 0 aliphatic carbocycles. The fraction of sp³-hybridized carbons (Fsp3) is 0.190. The number of amides is 2. The molecule has 2 aromatic carbocycles. The zero-order valence-electron chi connectivity index (χ0n) is 15.4. The summed E-state index contributed by atoms with van der Waals surface area (Å²) in [5, 5.41) is 11.7. The second-order valence-corrected chi connectivity index (χ2v) is 7.51. The maximum Gasteiger partial charge on any atom is 0.264 e. The van der Waals surface area contributed by atoms with Crippen LogP contribution in [0.3, 0.4) is 0 Å². The van der Waals surface area contributed by atoms with Gasteiger partial charge in [0.1, 0.15) is 22.5 Å². The van der Waals surface area contributed by atoms with Crippen molar-refractivity contribution in [2.75, 3.05) is 11.9 Å². The first-order chi connectivity index (χ1) is 13.4. The van der Waals surface area contributed by atoms with Crippen LogP contribution in [0.25, 0.3) is 0 Å². The minimum atomic E-state index is -0.568. The topological polar surface area (TPSA) is 73.2 Å². The Kier molecular flexibility index (Phi) is 5.81. The Bertz CT molecular complexity index is 995. The SMILES string of the molecule is CNC(=O)/C(C#N)=C1/S[C@H](Cc2cccc(C)c2)C(=O)N1c1ccc(F)cc1. The molecule has 7 heteroatoms. The molecule has 0 unspecified atom stereocenters. The van der Waals surface area contributed by atoms with Gasteiger partial charge in [-0.05, 0) is 43.2 Å². The summed E-state index contributed by atoms with van der Waals surface area (Å²) in [6.07, 6.45) is 0.457. The van der Waals surface area contributed by atoms with Crippen LogP contribution >= 0.6 is 11.8 Å². The number of hydrogen-bond acceptors (Lipinski definition) is 4. The Morgan fingerprint density at radius 3 is 2.61 bits per heavy atom. The van der Waals surface area contributed by atoms with Gasteiger partial charge in [0.25, 0.3) is 5.91 Å². The monoisotopic (exact) mass is 395 g/mol. The number of nitriles is 1. The highest BCUT2D eigenvalue weighted by Gasteiger charge is 2.40. The summed E-state index contributed by atoms with van der Waals surface area (Å²) >= 11 is 1.18. The second-order valence-electron chi connectivity index (χ2n) is 6.32. The first-order valence-electron chi connectivity index (χ1n) is 8.62. The second kappa shape index (κ2) is 8.28. The highest BCUT2D eigenvalue weighted by Crippen LogP contribution is 2.41. The number of thioether (sulfide) groups is 1. The highest BCUT2D eigenvalue weighted by atomic mass is 32.2. The average molecular weight is 395 g/mol. The van der Waals surface area contributed by atoms with Crippen LogP contribution in [0.4, 0.5) is 10.1 Å². The molecule has 0 spiro atoms. The van der Waals surface area contributed by atoms with Crippen molar-refractivity contribution >= 4 is 29.3 Å². The van der Waals surface area contributed by atoms with Gasteiger partial charge >= 0.3 is 0 Å². The number of anilines is 1. The van der Waals surface area contributed by atoms with E-state index in [1.165, 1.54) is 48.0 Å². The summed E-state index contributed by atoms with van der Waals surface area (Å²) in [6.45, 7) is 1.97. The quantitative estimate of drug-likeness (QED) is 0.637. The molecule has 0 saturated carbocycles. The Balaban J connectivity index is 2.04. The molecule has 1 fully saturated rings. The summed E-state index contributed by atoms with van der Waals surface area (Å²) in [5.74, 6) is -1.25. The van der Waals surface area contributed by atoms with Crippen molar-refractivity contribution in [1.29, 1.82) is 5.26 Å². The van der Waals surface area contributed by atoms with Crippen LogP contribution in [-0.2, 0) is 16.0 Å². The lowest BCUT2D eigenvalue weighted by atomic mass is 10.1. The Labute approximate surface area is 166 Å². The zero-order valence-corrected chi connectivity index (χ0v) is 16.2. The molecule has 28 heavy (non-hydrogen) atoms. The average Bonchev–Trinajstić information content (AvgIpc) is 2.99. The fourth-order valence-electron chi connectivity index (χ4n) is 2.99. The number of benzene rings is 2. The summed E-state index contributed by atoms with van der Waals surface area (Å²) in [5.41, 5.74) is 2.35. The Hall–Kier alpha value is -3.11. The standard InChI is InChI=1S/C21H18FN3O2S/c1-13-4-3-5-14(10-13)11-18-20(27)25(16-8-6-15(22)7-9-16)21(28-18)17(12-23)19(26)24-2/h3-10,18H,11H2,1-2H3,(H,24,26)/b21-17+/t18-/m1/s1. The number of nitrogens with zero attached hydrogens (tertiary/aromatic N) is 2. The van der Waals surface area contributed by atoms with E-state index in [-0.39, 0.29) is 16.5 Å². The fourth-order valence-corrected chi connectivity index (χ4v) is 4.30. The lowest BCUT2D eigenvalue weighted by molar-refractivity contribution is -0.117. The predicted octanol–water partition coefficient (Wildman–Crippen LogP) is 3.31. The van der Waals surface area contributed by atoms with Gasteiger partial charge < -0.3 is 5.32 Å². The van der Waals surface area contributed by atoms with Crippen molar-refractivity contribution in [3.05, 3.63) is 76.1 Å². The molecule has 1 saturated heterocycles. The first-order valence-corrected chi connectivity index (χ1v) is 9.50. The van der Waals surface area contributed by atoms with Gasteiger partial charge in [-0.15, -0.1) is 0 Å². The van der Waals surface area contributed by atoms with E-state index in [0.717, 1.165) is 11.1 Å². The minimum absolute atomic E-state index is 0.142. The molecule has 3 rings (SSSR count). The number of nitrogens with one attached hydrogen (secondary N) is 1. The number of carbonyl (C=O) groups is 2. The molecule has 5 nitrogen and oxygen atoms in total. The summed E-state index contributed by atoms with van der Waals surface area (Å²) in [4.78, 5) is 26.7. The normalized spacial score (nSPS) is 18.0. The number of rotatable bonds is 4. The molecule has 2 aromatic rings. The van der Waals surface area contributed by atoms with Gasteiger partial charge in [0, 0.05) is 12.7 Å². The van der Waals surface area contributed by atoms with Crippen LogP contribution in [0.2, 0.25) is 0 Å². The maximum absolute atomic E-state index is 13.3. The molecule has 0 radical (unpaired) electrons. The number of hydrogen-bond donors (Lipinski definition) is 1. The van der Waals surface area contributed by atoms with Crippen LogP contribution < -0.4 is 10.2 Å². The molecular formula is C21H18FN3O2S. The molecule has 1 aliphatic heterocycles. The number of halogens is 1. The highest BCUT2D eigenvalue weighted by molar-refractivity contribution is 8.05. The third kappa shape index (κ3) is 3.92. The van der Waals surface area contributed by atoms with Crippen LogP contribution in [-0.4, -0.2) is 24.1 Å². The van der Waals surface area contributed by atoms with Crippen molar-refractivity contribution < 1.29 is 14.0 Å². The van der Waals surface area contributed by atoms with Crippen molar-refractivity contribution in [3.63, 3.8) is 0 Å². The van der Waals surface area contributed by atoms with E-state index in [2.05, 4.69) is 5.32 Å². The smallest absolute Gasteiger partial charge is 0.264 e. The predicted molar refractivity (Wildman–Crippen MR) is 107 cm³/mol.